The standard InChI is InChI=1S/C14H22O3.C11H16O2/c1-8(15)16-9(2)17-14-7-10-6-13(14)12-5-3-4-11(10)12;1-7(2)11(12)13-10-6-8-3-4-9(10)5-8/h9-14H,3-7H2,1-2H3;8-10H,1,3-6H2,2H3. The Hall–Kier alpha value is -1.36. The van der Waals surface area contributed by atoms with Crippen molar-refractivity contribution in [1.82, 2.24) is 0 Å². The van der Waals surface area contributed by atoms with Crippen molar-refractivity contribution < 1.29 is 23.8 Å². The van der Waals surface area contributed by atoms with Crippen LogP contribution in [0.25, 0.3) is 0 Å². The second kappa shape index (κ2) is 9.02. The SMILES string of the molecule is C=C(C)C(=O)OC1CC2CCC1C2.CC(=O)OC(C)OC1CC2CC1C1CCCC21. The summed E-state index contributed by atoms with van der Waals surface area (Å²) in [5.74, 6) is 4.54. The topological polar surface area (TPSA) is 61.8 Å². The third-order valence-electron chi connectivity index (χ3n) is 8.35. The zero-order valence-electron chi connectivity index (χ0n) is 18.8. The first-order chi connectivity index (χ1) is 14.3. The van der Waals surface area contributed by atoms with Crippen molar-refractivity contribution in [2.24, 2.45) is 35.5 Å². The second-order valence-corrected chi connectivity index (χ2v) is 10.4. The number of carbonyl (C=O) groups is 2. The largest absolute Gasteiger partial charge is 0.459 e. The van der Waals surface area contributed by atoms with Gasteiger partial charge in [0.25, 0.3) is 0 Å². The van der Waals surface area contributed by atoms with Gasteiger partial charge in [-0.05, 0) is 101 Å². The summed E-state index contributed by atoms with van der Waals surface area (Å²) >= 11 is 0. The van der Waals surface area contributed by atoms with Crippen molar-refractivity contribution in [3.8, 4) is 0 Å². The van der Waals surface area contributed by atoms with Crippen LogP contribution in [0.3, 0.4) is 0 Å². The highest BCUT2D eigenvalue weighted by atomic mass is 16.7. The van der Waals surface area contributed by atoms with Crippen LogP contribution in [0.1, 0.15) is 78.6 Å². The summed E-state index contributed by atoms with van der Waals surface area (Å²) in [6.07, 6.45) is 11.9. The summed E-state index contributed by atoms with van der Waals surface area (Å²) in [4.78, 5) is 22.1. The molecule has 0 aromatic rings. The maximum atomic E-state index is 11.3. The van der Waals surface area contributed by atoms with Gasteiger partial charge in [-0.2, -0.15) is 0 Å². The highest BCUT2D eigenvalue weighted by Crippen LogP contribution is 2.59. The molecule has 0 N–H and O–H groups in total. The molecule has 0 saturated heterocycles. The first-order valence-corrected chi connectivity index (χ1v) is 12.0. The number of esters is 2. The lowest BCUT2D eigenvalue weighted by atomic mass is 9.80. The van der Waals surface area contributed by atoms with Crippen molar-refractivity contribution in [1.29, 1.82) is 0 Å². The van der Waals surface area contributed by atoms with Gasteiger partial charge in [0, 0.05) is 12.5 Å². The Morgan fingerprint density at radius 2 is 1.63 bits per heavy atom. The molecule has 0 radical (unpaired) electrons. The molecule has 0 amide bonds. The Labute approximate surface area is 180 Å². The molecular weight excluding hydrogens is 380 g/mol. The molecule has 5 saturated carbocycles. The quantitative estimate of drug-likeness (QED) is 0.356. The summed E-state index contributed by atoms with van der Waals surface area (Å²) in [6.45, 7) is 8.56. The highest BCUT2D eigenvalue weighted by molar-refractivity contribution is 5.87. The van der Waals surface area contributed by atoms with Crippen molar-refractivity contribution >= 4 is 11.9 Å². The van der Waals surface area contributed by atoms with Crippen LogP contribution in [0, 0.1) is 35.5 Å². The van der Waals surface area contributed by atoms with Crippen LogP contribution < -0.4 is 0 Å². The lowest BCUT2D eigenvalue weighted by Gasteiger charge is -2.32. The number of ether oxygens (including phenoxy) is 3. The normalized spacial score (nSPS) is 41.0. The molecule has 5 aliphatic rings. The smallest absolute Gasteiger partial charge is 0.333 e. The molecule has 9 atom stereocenters. The lowest BCUT2D eigenvalue weighted by molar-refractivity contribution is -0.190. The van der Waals surface area contributed by atoms with Crippen molar-refractivity contribution in [2.45, 2.75) is 97.1 Å². The van der Waals surface area contributed by atoms with Crippen LogP contribution in [0.4, 0.5) is 0 Å². The number of rotatable bonds is 5. The van der Waals surface area contributed by atoms with E-state index in [0.29, 0.717) is 17.6 Å². The highest BCUT2D eigenvalue weighted by Gasteiger charge is 2.54. The summed E-state index contributed by atoms with van der Waals surface area (Å²) in [7, 11) is 0. The van der Waals surface area contributed by atoms with E-state index in [1.54, 1.807) is 6.92 Å². The van der Waals surface area contributed by atoms with E-state index in [0.717, 1.165) is 36.0 Å². The average Bonchev–Trinajstić information content (AvgIpc) is 3.46. The van der Waals surface area contributed by atoms with Gasteiger partial charge in [0.15, 0.2) is 6.29 Å². The fraction of sp³-hybridized carbons (Fsp3) is 0.840. The van der Waals surface area contributed by atoms with E-state index in [1.807, 2.05) is 6.92 Å². The molecule has 0 aliphatic heterocycles. The van der Waals surface area contributed by atoms with Crippen molar-refractivity contribution in [2.75, 3.05) is 0 Å². The second-order valence-electron chi connectivity index (χ2n) is 10.4. The molecule has 5 heteroatoms. The van der Waals surface area contributed by atoms with Crippen LogP contribution >= 0.6 is 0 Å². The molecule has 9 unspecified atom stereocenters. The zero-order chi connectivity index (χ0) is 21.4. The maximum Gasteiger partial charge on any atom is 0.333 e. The molecule has 5 nitrogen and oxygen atoms in total. The summed E-state index contributed by atoms with van der Waals surface area (Å²) in [5.41, 5.74) is 0.516. The van der Waals surface area contributed by atoms with Gasteiger partial charge >= 0.3 is 11.9 Å². The predicted octanol–water partition coefficient (Wildman–Crippen LogP) is 5.03. The molecular formula is C25H38O5. The van der Waals surface area contributed by atoms with Gasteiger partial charge in [-0.25, -0.2) is 4.79 Å². The van der Waals surface area contributed by atoms with Gasteiger partial charge in [-0.15, -0.1) is 0 Å². The maximum absolute atomic E-state index is 11.3. The average molecular weight is 419 g/mol. The molecule has 168 valence electrons. The number of fused-ring (bicyclic) bond motifs is 7. The third kappa shape index (κ3) is 4.61. The monoisotopic (exact) mass is 418 g/mol. The minimum atomic E-state index is -0.378. The first-order valence-electron chi connectivity index (χ1n) is 12.0. The van der Waals surface area contributed by atoms with Gasteiger partial charge in [0.1, 0.15) is 6.10 Å². The van der Waals surface area contributed by atoms with E-state index in [4.69, 9.17) is 14.2 Å². The van der Waals surface area contributed by atoms with Gasteiger partial charge < -0.3 is 14.2 Å². The van der Waals surface area contributed by atoms with Crippen LogP contribution in [-0.4, -0.2) is 30.4 Å². The fourth-order valence-electron chi connectivity index (χ4n) is 7.24. The summed E-state index contributed by atoms with van der Waals surface area (Å²) in [5, 5.41) is 0. The van der Waals surface area contributed by atoms with Crippen LogP contribution in [-0.2, 0) is 23.8 Å². The molecule has 5 aliphatic carbocycles. The van der Waals surface area contributed by atoms with Gasteiger partial charge in [-0.1, -0.05) is 13.0 Å². The number of carbonyl (C=O) groups excluding carboxylic acids is 2. The third-order valence-corrected chi connectivity index (χ3v) is 8.35. The Bertz CT molecular complexity index is 672. The van der Waals surface area contributed by atoms with Gasteiger partial charge in [0.05, 0.1) is 6.10 Å². The Morgan fingerprint density at radius 3 is 2.27 bits per heavy atom. The van der Waals surface area contributed by atoms with E-state index in [2.05, 4.69) is 6.58 Å². The van der Waals surface area contributed by atoms with Crippen molar-refractivity contribution in [3.63, 3.8) is 0 Å². The molecule has 4 bridgehead atoms. The summed E-state index contributed by atoms with van der Waals surface area (Å²) < 4.78 is 16.4. The minimum Gasteiger partial charge on any atom is -0.459 e. The van der Waals surface area contributed by atoms with Crippen LogP contribution in [0.2, 0.25) is 0 Å². The van der Waals surface area contributed by atoms with Gasteiger partial charge in [0.2, 0.25) is 0 Å². The minimum absolute atomic E-state index is 0.197. The van der Waals surface area contributed by atoms with Crippen molar-refractivity contribution in [3.05, 3.63) is 12.2 Å². The molecule has 0 aromatic carbocycles. The molecule has 0 spiro atoms. The molecule has 0 aromatic heterocycles. The Kier molecular flexibility index (Phi) is 6.57. The molecule has 5 rings (SSSR count). The molecule has 0 heterocycles. The van der Waals surface area contributed by atoms with E-state index in [1.165, 1.54) is 58.3 Å². The van der Waals surface area contributed by atoms with E-state index in [9.17, 15) is 9.59 Å². The van der Waals surface area contributed by atoms with Crippen LogP contribution in [0.15, 0.2) is 12.2 Å². The first kappa shape index (κ1) is 21.9. The molecule has 30 heavy (non-hydrogen) atoms. The van der Waals surface area contributed by atoms with Gasteiger partial charge in [-0.3, -0.25) is 4.79 Å². The molecule has 5 fully saturated rings. The lowest BCUT2D eigenvalue weighted by Crippen LogP contribution is -2.33. The predicted molar refractivity (Wildman–Crippen MR) is 113 cm³/mol. The van der Waals surface area contributed by atoms with E-state index < -0.39 is 0 Å². The Balaban J connectivity index is 0.000000151. The van der Waals surface area contributed by atoms with E-state index in [-0.39, 0.29) is 24.3 Å². The fourth-order valence-corrected chi connectivity index (χ4v) is 7.24. The van der Waals surface area contributed by atoms with Crippen LogP contribution in [0.5, 0.6) is 0 Å². The van der Waals surface area contributed by atoms with E-state index >= 15 is 0 Å². The zero-order valence-corrected chi connectivity index (χ0v) is 18.8. The number of hydrogen-bond donors (Lipinski definition) is 0. The Morgan fingerprint density at radius 1 is 0.867 bits per heavy atom. The number of hydrogen-bond acceptors (Lipinski definition) is 5. The summed E-state index contributed by atoms with van der Waals surface area (Å²) in [6, 6.07) is 0.